The Bertz CT molecular complexity index is 897. The molecular formula is C22H26N2O5. The summed E-state index contributed by atoms with van der Waals surface area (Å²) in [6, 6.07) is 7.09. The van der Waals surface area contributed by atoms with Crippen LogP contribution >= 0.6 is 0 Å². The third-order valence-electron chi connectivity index (χ3n) is 6.96. The largest absolute Gasteiger partial charge is 0.633 e. The van der Waals surface area contributed by atoms with Crippen molar-refractivity contribution in [3.05, 3.63) is 59.5 Å². The molecule has 1 unspecified atom stereocenters. The maximum atomic E-state index is 13.9. The van der Waals surface area contributed by atoms with E-state index in [0.29, 0.717) is 25.0 Å². The lowest BCUT2D eigenvalue weighted by Crippen LogP contribution is -2.61. The molecule has 0 aliphatic carbocycles. The van der Waals surface area contributed by atoms with E-state index in [1.165, 1.54) is 20.5 Å². The lowest BCUT2D eigenvalue weighted by atomic mass is 9.67. The number of hydrogen-bond acceptors (Lipinski definition) is 5. The number of nitrogens with one attached hydrogen (secondary N) is 1. The highest BCUT2D eigenvalue weighted by Crippen LogP contribution is 2.55. The van der Waals surface area contributed by atoms with Crippen LogP contribution < -0.4 is 5.32 Å². The highest BCUT2D eigenvalue weighted by atomic mass is 16.6. The second-order valence-corrected chi connectivity index (χ2v) is 8.14. The van der Waals surface area contributed by atoms with Crippen LogP contribution in [0, 0.1) is 17.0 Å². The zero-order valence-electron chi connectivity index (χ0n) is 16.7. The minimum Gasteiger partial charge on any atom is -0.633 e. The zero-order chi connectivity index (χ0) is 20.8. The van der Waals surface area contributed by atoms with E-state index in [1.807, 2.05) is 24.3 Å². The number of hydrogen-bond donors (Lipinski definition) is 1. The van der Waals surface area contributed by atoms with E-state index in [-0.39, 0.29) is 24.3 Å². The summed E-state index contributed by atoms with van der Waals surface area (Å²) in [5.41, 5.74) is 1.16. The number of carbonyl (C=O) groups excluding carboxylic acids is 2. The Balaban J connectivity index is 1.80. The molecule has 1 aromatic carbocycles. The average Bonchev–Trinajstić information content (AvgIpc) is 3.19. The second kappa shape index (κ2) is 7.00. The van der Waals surface area contributed by atoms with Gasteiger partial charge < -0.3 is 24.6 Å². The standard InChI is InChI=1S/C22H26N2O5/c1-4-14-12-24(27)10-9-22(17-7-5-6-8-18(17)23-21(22)26)19(24)11-15(14)16(13-28-2)20(25)29-3/h4-8,13-15,19H,1,9-12H2,2-3H3,(H,23,26)/b16-13-/t14-,15+,19+,22-,24?/m1/s1. The number of para-hydroxylation sites is 1. The summed E-state index contributed by atoms with van der Waals surface area (Å²) >= 11 is 0. The van der Waals surface area contributed by atoms with Crippen molar-refractivity contribution in [3.8, 4) is 0 Å². The van der Waals surface area contributed by atoms with Gasteiger partial charge in [-0.05, 0) is 11.6 Å². The van der Waals surface area contributed by atoms with Crippen molar-refractivity contribution >= 4 is 17.6 Å². The number of quaternary nitrogens is 1. The summed E-state index contributed by atoms with van der Waals surface area (Å²) in [6.07, 6.45) is 4.00. The number of ether oxygens (including phenoxy) is 2. The first kappa shape index (κ1) is 19.7. The molecule has 154 valence electrons. The molecule has 1 aromatic rings. The SMILES string of the molecule is C=C[C@@H]1C[N+]2([O-])CC[C@]3(C(=O)Nc4ccccc43)[C@@H]2C[C@@H]1/C(=C/OC)C(=O)OC. The van der Waals surface area contributed by atoms with E-state index < -0.39 is 22.1 Å². The van der Waals surface area contributed by atoms with Crippen molar-refractivity contribution in [2.45, 2.75) is 24.3 Å². The van der Waals surface area contributed by atoms with Gasteiger partial charge in [0, 0.05) is 30.4 Å². The van der Waals surface area contributed by atoms with Crippen LogP contribution in [0.4, 0.5) is 5.69 Å². The van der Waals surface area contributed by atoms with E-state index in [2.05, 4.69) is 11.9 Å². The summed E-state index contributed by atoms with van der Waals surface area (Å²) in [7, 11) is 2.80. The molecule has 0 bridgehead atoms. The van der Waals surface area contributed by atoms with Crippen LogP contribution in [-0.4, -0.2) is 49.9 Å². The van der Waals surface area contributed by atoms with Gasteiger partial charge in [-0.3, -0.25) is 4.79 Å². The lowest BCUT2D eigenvalue weighted by Gasteiger charge is -2.54. The summed E-state index contributed by atoms with van der Waals surface area (Å²) in [4.78, 5) is 25.6. The molecule has 7 nitrogen and oxygen atoms in total. The highest BCUT2D eigenvalue weighted by Gasteiger charge is 2.65. The molecular weight excluding hydrogens is 372 g/mol. The van der Waals surface area contributed by atoms with E-state index in [4.69, 9.17) is 9.47 Å². The number of nitrogens with zero attached hydrogens (tertiary/aromatic N) is 1. The average molecular weight is 398 g/mol. The van der Waals surface area contributed by atoms with Crippen molar-refractivity contribution in [1.29, 1.82) is 0 Å². The first-order chi connectivity index (χ1) is 13.9. The molecule has 4 rings (SSSR count). The number of esters is 1. The van der Waals surface area contributed by atoms with Crippen molar-refractivity contribution in [1.82, 2.24) is 0 Å². The third-order valence-corrected chi connectivity index (χ3v) is 6.96. The van der Waals surface area contributed by atoms with Gasteiger partial charge in [0.2, 0.25) is 5.91 Å². The molecule has 0 saturated carbocycles. The Hall–Kier alpha value is -2.64. The molecule has 1 amide bonds. The van der Waals surface area contributed by atoms with Crippen LogP contribution in [0.15, 0.2) is 48.8 Å². The van der Waals surface area contributed by atoms with Crippen LogP contribution in [0.2, 0.25) is 0 Å². The van der Waals surface area contributed by atoms with E-state index in [1.54, 1.807) is 6.08 Å². The summed E-state index contributed by atoms with van der Waals surface area (Å²) in [6.45, 7) is 4.54. The van der Waals surface area contributed by atoms with Crippen LogP contribution in [0.25, 0.3) is 0 Å². The summed E-state index contributed by atoms with van der Waals surface area (Å²) in [5, 5.41) is 16.8. The number of carbonyl (C=O) groups is 2. The van der Waals surface area contributed by atoms with Crippen molar-refractivity contribution < 1.29 is 23.7 Å². The molecule has 2 fully saturated rings. The number of rotatable bonds is 4. The molecule has 3 aliphatic rings. The topological polar surface area (TPSA) is 87.7 Å². The summed E-state index contributed by atoms with van der Waals surface area (Å²) < 4.78 is 9.65. The Morgan fingerprint density at radius 3 is 2.83 bits per heavy atom. The molecule has 29 heavy (non-hydrogen) atoms. The number of anilines is 1. The van der Waals surface area contributed by atoms with Gasteiger partial charge in [-0.15, -0.1) is 6.58 Å². The number of amides is 1. The fourth-order valence-corrected chi connectivity index (χ4v) is 5.65. The maximum Gasteiger partial charge on any atom is 0.337 e. The molecule has 2 saturated heterocycles. The smallest absolute Gasteiger partial charge is 0.337 e. The maximum absolute atomic E-state index is 13.9. The van der Waals surface area contributed by atoms with Gasteiger partial charge in [0.25, 0.3) is 0 Å². The van der Waals surface area contributed by atoms with Crippen LogP contribution in [0.5, 0.6) is 0 Å². The fraction of sp³-hybridized carbons (Fsp3) is 0.455. The fourth-order valence-electron chi connectivity index (χ4n) is 5.65. The molecule has 3 aliphatic heterocycles. The van der Waals surface area contributed by atoms with Gasteiger partial charge in [-0.25, -0.2) is 4.79 Å². The van der Waals surface area contributed by atoms with Crippen molar-refractivity contribution in [2.24, 2.45) is 11.8 Å². The van der Waals surface area contributed by atoms with E-state index >= 15 is 0 Å². The molecule has 5 atom stereocenters. The zero-order valence-corrected chi connectivity index (χ0v) is 16.7. The van der Waals surface area contributed by atoms with Crippen LogP contribution in [0.1, 0.15) is 18.4 Å². The van der Waals surface area contributed by atoms with Gasteiger partial charge in [-0.1, -0.05) is 24.3 Å². The normalized spacial score (nSPS) is 35.6. The van der Waals surface area contributed by atoms with Gasteiger partial charge in [0.15, 0.2) is 0 Å². The number of hydroxylamine groups is 3. The first-order valence-electron chi connectivity index (χ1n) is 9.83. The molecule has 1 spiro atoms. The number of benzene rings is 1. The first-order valence-corrected chi connectivity index (χ1v) is 9.83. The second-order valence-electron chi connectivity index (χ2n) is 8.14. The Morgan fingerprint density at radius 1 is 1.38 bits per heavy atom. The van der Waals surface area contributed by atoms with Crippen molar-refractivity contribution in [3.63, 3.8) is 0 Å². The Morgan fingerprint density at radius 2 is 2.14 bits per heavy atom. The van der Waals surface area contributed by atoms with Crippen LogP contribution in [-0.2, 0) is 24.5 Å². The molecule has 0 aromatic heterocycles. The highest BCUT2D eigenvalue weighted by molar-refractivity contribution is 6.07. The third kappa shape index (κ3) is 2.72. The van der Waals surface area contributed by atoms with E-state index in [0.717, 1.165) is 11.3 Å². The number of piperidine rings is 1. The molecule has 0 radical (unpaired) electrons. The lowest BCUT2D eigenvalue weighted by molar-refractivity contribution is -0.903. The Kier molecular flexibility index (Phi) is 4.75. The number of fused-ring (bicyclic) bond motifs is 4. The van der Waals surface area contributed by atoms with Crippen LogP contribution in [0.3, 0.4) is 0 Å². The number of methoxy groups -OCH3 is 2. The molecule has 7 heteroatoms. The Labute approximate surface area is 170 Å². The summed E-state index contributed by atoms with van der Waals surface area (Å²) in [5.74, 6) is -1.12. The predicted octanol–water partition coefficient (Wildman–Crippen LogP) is 2.49. The monoisotopic (exact) mass is 398 g/mol. The minimum atomic E-state index is -0.878. The predicted molar refractivity (Wildman–Crippen MR) is 107 cm³/mol. The van der Waals surface area contributed by atoms with E-state index in [9.17, 15) is 14.8 Å². The molecule has 1 N–H and O–H groups in total. The quantitative estimate of drug-likeness (QED) is 0.210. The van der Waals surface area contributed by atoms with Gasteiger partial charge >= 0.3 is 5.97 Å². The van der Waals surface area contributed by atoms with Crippen molar-refractivity contribution in [2.75, 3.05) is 32.6 Å². The minimum absolute atomic E-state index is 0.120. The van der Waals surface area contributed by atoms with Gasteiger partial charge in [0.1, 0.15) is 11.5 Å². The molecule has 3 heterocycles. The van der Waals surface area contributed by atoms with Gasteiger partial charge in [-0.2, -0.15) is 0 Å². The van der Waals surface area contributed by atoms with Gasteiger partial charge in [0.05, 0.1) is 39.1 Å².